The molecule has 108 valence electrons. The Morgan fingerprint density at radius 2 is 2.21 bits per heavy atom. The van der Waals surface area contributed by atoms with Gasteiger partial charge in [0.15, 0.2) is 0 Å². The number of hydrogen-bond donors (Lipinski definition) is 2. The van der Waals surface area contributed by atoms with Crippen LogP contribution in [0, 0.1) is 5.92 Å². The van der Waals surface area contributed by atoms with Gasteiger partial charge < -0.3 is 15.5 Å². The van der Waals surface area contributed by atoms with Crippen molar-refractivity contribution >= 4 is 11.8 Å². The quantitative estimate of drug-likeness (QED) is 0.780. The molecule has 19 heavy (non-hydrogen) atoms. The van der Waals surface area contributed by atoms with Gasteiger partial charge in [-0.1, -0.05) is 0 Å². The van der Waals surface area contributed by atoms with E-state index >= 15 is 0 Å². The van der Waals surface area contributed by atoms with Gasteiger partial charge in [-0.2, -0.15) is 0 Å². The highest BCUT2D eigenvalue weighted by molar-refractivity contribution is 5.77. The summed E-state index contributed by atoms with van der Waals surface area (Å²) in [4.78, 5) is 25.2. The van der Waals surface area contributed by atoms with Crippen molar-refractivity contribution in [2.45, 2.75) is 45.1 Å². The van der Waals surface area contributed by atoms with E-state index in [1.54, 1.807) is 0 Å². The summed E-state index contributed by atoms with van der Waals surface area (Å²) in [6.45, 7) is 5.21. The van der Waals surface area contributed by atoms with E-state index in [0.29, 0.717) is 18.9 Å². The van der Waals surface area contributed by atoms with Crippen LogP contribution in [0.2, 0.25) is 0 Å². The van der Waals surface area contributed by atoms with Gasteiger partial charge in [0.1, 0.15) is 0 Å². The number of nitrogens with one attached hydrogen (secondary N) is 2. The maximum absolute atomic E-state index is 12.2. The van der Waals surface area contributed by atoms with Crippen molar-refractivity contribution in [1.82, 2.24) is 15.5 Å². The molecule has 0 saturated carbocycles. The van der Waals surface area contributed by atoms with E-state index in [1.165, 1.54) is 13.3 Å². The molecule has 0 aromatic carbocycles. The van der Waals surface area contributed by atoms with Gasteiger partial charge in [0.05, 0.1) is 0 Å². The summed E-state index contributed by atoms with van der Waals surface area (Å²) >= 11 is 0. The number of amides is 2. The number of nitrogens with zero attached hydrogens (tertiary/aromatic N) is 1. The molecule has 2 atom stereocenters. The molecule has 5 heteroatoms. The Labute approximate surface area is 115 Å². The molecule has 2 heterocycles. The lowest BCUT2D eigenvalue weighted by atomic mass is 10.0. The van der Waals surface area contributed by atoms with Gasteiger partial charge in [-0.25, -0.2) is 0 Å². The summed E-state index contributed by atoms with van der Waals surface area (Å²) in [5, 5.41) is 6.25. The highest BCUT2D eigenvalue weighted by Crippen LogP contribution is 2.17. The van der Waals surface area contributed by atoms with Crippen LogP contribution >= 0.6 is 0 Å². The van der Waals surface area contributed by atoms with Gasteiger partial charge in [0.25, 0.3) is 0 Å². The van der Waals surface area contributed by atoms with Gasteiger partial charge in [0.2, 0.25) is 11.8 Å². The van der Waals surface area contributed by atoms with Crippen molar-refractivity contribution in [3.8, 4) is 0 Å². The second-order valence-electron chi connectivity index (χ2n) is 5.78. The zero-order chi connectivity index (χ0) is 13.7. The Morgan fingerprint density at radius 3 is 2.89 bits per heavy atom. The molecule has 2 rings (SSSR count). The van der Waals surface area contributed by atoms with E-state index < -0.39 is 0 Å². The van der Waals surface area contributed by atoms with Crippen molar-refractivity contribution < 1.29 is 9.59 Å². The number of piperidine rings is 1. The molecule has 0 radical (unpaired) electrons. The predicted molar refractivity (Wildman–Crippen MR) is 73.6 cm³/mol. The number of rotatable bonds is 4. The molecule has 0 bridgehead atoms. The second-order valence-corrected chi connectivity index (χ2v) is 5.78. The summed E-state index contributed by atoms with van der Waals surface area (Å²) in [6, 6.07) is 0.142. The minimum atomic E-state index is -0.00340. The van der Waals surface area contributed by atoms with E-state index in [2.05, 4.69) is 10.6 Å². The Hall–Kier alpha value is -1.10. The van der Waals surface area contributed by atoms with Gasteiger partial charge in [-0.3, -0.25) is 9.59 Å². The van der Waals surface area contributed by atoms with Crippen molar-refractivity contribution in [2.24, 2.45) is 5.92 Å². The van der Waals surface area contributed by atoms with Crippen LogP contribution in [0.15, 0.2) is 0 Å². The van der Waals surface area contributed by atoms with E-state index in [1.807, 2.05) is 4.90 Å². The smallest absolute Gasteiger partial charge is 0.222 e. The summed E-state index contributed by atoms with van der Waals surface area (Å²) in [6.07, 6.45) is 4.81. The molecule has 2 saturated heterocycles. The minimum absolute atomic E-state index is 0.00340. The molecule has 0 aromatic rings. The Kier molecular flexibility index (Phi) is 5.19. The third-order valence-corrected chi connectivity index (χ3v) is 4.11. The van der Waals surface area contributed by atoms with Crippen molar-refractivity contribution in [1.29, 1.82) is 0 Å². The summed E-state index contributed by atoms with van der Waals surface area (Å²) < 4.78 is 0. The molecule has 0 aromatic heterocycles. The van der Waals surface area contributed by atoms with Crippen LogP contribution in [0.3, 0.4) is 0 Å². The summed E-state index contributed by atoms with van der Waals surface area (Å²) in [7, 11) is 0. The molecule has 5 nitrogen and oxygen atoms in total. The highest BCUT2D eigenvalue weighted by atomic mass is 16.2. The standard InChI is InChI=1S/C14H25N3O2/c1-11(18)16-13-3-2-8-17(10-13)14(19)5-4-12-6-7-15-9-12/h12-13,15H,2-10H2,1H3,(H,16,18). The van der Waals surface area contributed by atoms with Crippen molar-refractivity contribution in [3.05, 3.63) is 0 Å². The molecular formula is C14H25N3O2. The number of likely N-dealkylation sites (tertiary alicyclic amines) is 1. The molecule has 2 fully saturated rings. The summed E-state index contributed by atoms with van der Waals surface area (Å²) in [5.74, 6) is 0.915. The summed E-state index contributed by atoms with van der Waals surface area (Å²) in [5.41, 5.74) is 0. The average Bonchev–Trinajstić information content (AvgIpc) is 2.88. The van der Waals surface area contributed by atoms with Gasteiger partial charge >= 0.3 is 0 Å². The monoisotopic (exact) mass is 267 g/mol. The van der Waals surface area contributed by atoms with Crippen molar-refractivity contribution in [3.63, 3.8) is 0 Å². The average molecular weight is 267 g/mol. The largest absolute Gasteiger partial charge is 0.352 e. The maximum Gasteiger partial charge on any atom is 0.222 e. The first-order chi connectivity index (χ1) is 9.15. The van der Waals surface area contributed by atoms with Gasteiger partial charge in [-0.15, -0.1) is 0 Å². The first-order valence-electron chi connectivity index (χ1n) is 7.40. The van der Waals surface area contributed by atoms with E-state index in [0.717, 1.165) is 38.9 Å². The number of carbonyl (C=O) groups excluding carboxylic acids is 2. The fourth-order valence-corrected chi connectivity index (χ4v) is 3.06. The number of carbonyl (C=O) groups is 2. The predicted octanol–water partition coefficient (Wildman–Crippen LogP) is 0.503. The van der Waals surface area contributed by atoms with Crippen LogP contribution < -0.4 is 10.6 Å². The van der Waals surface area contributed by atoms with Crippen LogP contribution in [0.4, 0.5) is 0 Å². The normalized spacial score (nSPS) is 27.3. The van der Waals surface area contributed by atoms with Gasteiger partial charge in [-0.05, 0) is 44.7 Å². The molecular weight excluding hydrogens is 242 g/mol. The Morgan fingerprint density at radius 1 is 1.37 bits per heavy atom. The van der Waals surface area contributed by atoms with Crippen LogP contribution in [-0.4, -0.2) is 48.9 Å². The fourth-order valence-electron chi connectivity index (χ4n) is 3.06. The van der Waals surface area contributed by atoms with E-state index in [4.69, 9.17) is 0 Å². The zero-order valence-electron chi connectivity index (χ0n) is 11.8. The second kappa shape index (κ2) is 6.89. The van der Waals surface area contributed by atoms with E-state index in [9.17, 15) is 9.59 Å². The zero-order valence-corrected chi connectivity index (χ0v) is 11.8. The van der Waals surface area contributed by atoms with Crippen LogP contribution in [0.1, 0.15) is 39.0 Å². The Bertz CT molecular complexity index is 327. The van der Waals surface area contributed by atoms with Crippen LogP contribution in [-0.2, 0) is 9.59 Å². The topological polar surface area (TPSA) is 61.4 Å². The molecule has 2 aliphatic rings. The molecule has 0 spiro atoms. The van der Waals surface area contributed by atoms with Crippen LogP contribution in [0.5, 0.6) is 0 Å². The first kappa shape index (κ1) is 14.3. The lowest BCUT2D eigenvalue weighted by Gasteiger charge is -2.33. The first-order valence-corrected chi connectivity index (χ1v) is 7.40. The van der Waals surface area contributed by atoms with E-state index in [-0.39, 0.29) is 17.9 Å². The molecule has 2 aliphatic heterocycles. The molecule has 2 unspecified atom stereocenters. The minimum Gasteiger partial charge on any atom is -0.352 e. The Balaban J connectivity index is 1.73. The maximum atomic E-state index is 12.2. The molecule has 2 N–H and O–H groups in total. The lowest BCUT2D eigenvalue weighted by molar-refractivity contribution is -0.133. The third kappa shape index (κ3) is 4.49. The molecule has 0 aliphatic carbocycles. The highest BCUT2D eigenvalue weighted by Gasteiger charge is 2.24. The fraction of sp³-hybridized carbons (Fsp3) is 0.857. The van der Waals surface area contributed by atoms with Crippen molar-refractivity contribution in [2.75, 3.05) is 26.2 Å². The molecule has 2 amide bonds. The van der Waals surface area contributed by atoms with Crippen LogP contribution in [0.25, 0.3) is 0 Å². The number of hydrogen-bond acceptors (Lipinski definition) is 3. The SMILES string of the molecule is CC(=O)NC1CCCN(C(=O)CCC2CCNC2)C1. The van der Waals surface area contributed by atoms with Gasteiger partial charge in [0, 0.05) is 32.5 Å². The third-order valence-electron chi connectivity index (χ3n) is 4.11. The lowest BCUT2D eigenvalue weighted by Crippen LogP contribution is -2.49.